The summed E-state index contributed by atoms with van der Waals surface area (Å²) < 4.78 is 0. The molecule has 136 valence electrons. The Bertz CT molecular complexity index is 864. The van der Waals surface area contributed by atoms with Crippen LogP contribution >= 0.6 is 11.6 Å². The van der Waals surface area contributed by atoms with E-state index in [9.17, 15) is 14.9 Å². The number of rotatable bonds is 4. The van der Waals surface area contributed by atoms with E-state index in [1.807, 2.05) is 17.0 Å². The van der Waals surface area contributed by atoms with Crippen LogP contribution in [0.15, 0.2) is 36.4 Å². The van der Waals surface area contributed by atoms with Crippen molar-refractivity contribution in [2.75, 3.05) is 36.0 Å². The monoisotopic (exact) mass is 375 g/mol. The predicted molar refractivity (Wildman–Crippen MR) is 101 cm³/mol. The lowest BCUT2D eigenvalue weighted by atomic mass is 10.1. The number of nitro benzene ring substituents is 1. The Kier molecular flexibility index (Phi) is 4.99. The molecule has 1 N–H and O–H groups in total. The average molecular weight is 376 g/mol. The first-order chi connectivity index (χ1) is 12.4. The van der Waals surface area contributed by atoms with Crippen molar-refractivity contribution in [3.8, 4) is 0 Å². The van der Waals surface area contributed by atoms with Gasteiger partial charge in [0.1, 0.15) is 5.69 Å². The van der Waals surface area contributed by atoms with E-state index in [4.69, 9.17) is 16.7 Å². The van der Waals surface area contributed by atoms with Crippen LogP contribution in [0.3, 0.4) is 0 Å². The largest absolute Gasteiger partial charge is 0.478 e. The van der Waals surface area contributed by atoms with Gasteiger partial charge in [0.25, 0.3) is 5.69 Å². The van der Waals surface area contributed by atoms with E-state index in [-0.39, 0.29) is 16.3 Å². The highest BCUT2D eigenvalue weighted by Crippen LogP contribution is 2.35. The number of nitrogens with zero attached hydrogens (tertiary/aromatic N) is 3. The van der Waals surface area contributed by atoms with Crippen molar-refractivity contribution >= 4 is 34.6 Å². The third kappa shape index (κ3) is 3.43. The van der Waals surface area contributed by atoms with Crippen LogP contribution in [-0.4, -0.2) is 42.2 Å². The molecule has 0 spiro atoms. The number of para-hydroxylation sites is 1. The van der Waals surface area contributed by atoms with Crippen molar-refractivity contribution in [2.45, 2.75) is 6.92 Å². The van der Waals surface area contributed by atoms with Crippen LogP contribution in [0.2, 0.25) is 5.02 Å². The molecular weight excluding hydrogens is 358 g/mol. The zero-order chi connectivity index (χ0) is 18.8. The summed E-state index contributed by atoms with van der Waals surface area (Å²) in [6, 6.07) is 10.5. The van der Waals surface area contributed by atoms with Gasteiger partial charge in [0.15, 0.2) is 0 Å². The normalized spacial score (nSPS) is 14.4. The fourth-order valence-electron chi connectivity index (χ4n) is 3.22. The molecule has 7 nitrogen and oxygen atoms in total. The third-order valence-corrected chi connectivity index (χ3v) is 4.88. The molecule has 0 saturated carbocycles. The number of carboxylic acids is 1. The van der Waals surface area contributed by atoms with Crippen molar-refractivity contribution in [3.05, 3.63) is 62.7 Å². The molecule has 8 heteroatoms. The summed E-state index contributed by atoms with van der Waals surface area (Å²) in [6.07, 6.45) is 0. The molecule has 0 radical (unpaired) electrons. The standard InChI is InChI=1S/C18H18ClN3O4/c1-12-4-2-3-5-15(12)20-6-8-21(9-7-20)16-11-14(19)13(18(23)24)10-17(16)22(25)26/h2-5,10-11H,6-9H2,1H3,(H,23,24). The van der Waals surface area contributed by atoms with Gasteiger partial charge in [0, 0.05) is 37.9 Å². The second-order valence-electron chi connectivity index (χ2n) is 6.14. The highest BCUT2D eigenvalue weighted by atomic mass is 35.5. The molecule has 2 aromatic carbocycles. The zero-order valence-electron chi connectivity index (χ0n) is 14.2. The summed E-state index contributed by atoms with van der Waals surface area (Å²) in [5.74, 6) is -1.28. The van der Waals surface area contributed by atoms with Crippen molar-refractivity contribution in [2.24, 2.45) is 0 Å². The summed E-state index contributed by atoms with van der Waals surface area (Å²) in [7, 11) is 0. The van der Waals surface area contributed by atoms with Crippen molar-refractivity contribution < 1.29 is 14.8 Å². The second-order valence-corrected chi connectivity index (χ2v) is 6.55. The number of carboxylic acid groups (broad SMARTS) is 1. The van der Waals surface area contributed by atoms with Gasteiger partial charge in [-0.2, -0.15) is 0 Å². The van der Waals surface area contributed by atoms with Gasteiger partial charge in [-0.1, -0.05) is 29.8 Å². The van der Waals surface area contributed by atoms with Crippen LogP contribution in [0, 0.1) is 17.0 Å². The number of carbonyl (C=O) groups is 1. The summed E-state index contributed by atoms with van der Waals surface area (Å²) in [5, 5.41) is 20.5. The molecular formula is C18H18ClN3O4. The number of halogens is 1. The molecule has 2 aromatic rings. The van der Waals surface area contributed by atoms with Crippen LogP contribution in [-0.2, 0) is 0 Å². The van der Waals surface area contributed by atoms with E-state index in [2.05, 4.69) is 24.0 Å². The quantitative estimate of drug-likeness (QED) is 0.649. The lowest BCUT2D eigenvalue weighted by Crippen LogP contribution is -2.47. The summed E-state index contributed by atoms with van der Waals surface area (Å²) in [6.45, 7) is 4.63. The first-order valence-corrected chi connectivity index (χ1v) is 8.53. The van der Waals surface area contributed by atoms with E-state index in [1.54, 1.807) is 0 Å². The Hall–Kier alpha value is -2.80. The fraction of sp³-hybridized carbons (Fsp3) is 0.278. The van der Waals surface area contributed by atoms with Gasteiger partial charge in [-0.15, -0.1) is 0 Å². The lowest BCUT2D eigenvalue weighted by Gasteiger charge is -2.37. The van der Waals surface area contributed by atoms with Gasteiger partial charge in [-0.05, 0) is 24.6 Å². The van der Waals surface area contributed by atoms with Crippen LogP contribution in [0.1, 0.15) is 15.9 Å². The van der Waals surface area contributed by atoms with Crippen LogP contribution in [0.25, 0.3) is 0 Å². The zero-order valence-corrected chi connectivity index (χ0v) is 14.9. The number of nitro groups is 1. The smallest absolute Gasteiger partial charge is 0.337 e. The van der Waals surface area contributed by atoms with Crippen molar-refractivity contribution in [1.29, 1.82) is 0 Å². The third-order valence-electron chi connectivity index (χ3n) is 4.57. The number of aryl methyl sites for hydroxylation is 1. The van der Waals surface area contributed by atoms with Gasteiger partial charge in [-0.25, -0.2) is 4.79 Å². The number of piperazine rings is 1. The van der Waals surface area contributed by atoms with Crippen molar-refractivity contribution in [3.63, 3.8) is 0 Å². The number of hydrogen-bond acceptors (Lipinski definition) is 5. The Balaban J connectivity index is 1.85. The molecule has 1 saturated heterocycles. The minimum Gasteiger partial charge on any atom is -0.478 e. The van der Waals surface area contributed by atoms with Crippen molar-refractivity contribution in [1.82, 2.24) is 0 Å². The molecule has 0 atom stereocenters. The molecule has 3 rings (SSSR count). The molecule has 0 amide bonds. The molecule has 0 unspecified atom stereocenters. The average Bonchev–Trinajstić information content (AvgIpc) is 2.61. The van der Waals surface area contributed by atoms with E-state index < -0.39 is 10.9 Å². The Morgan fingerprint density at radius 2 is 1.69 bits per heavy atom. The van der Waals surface area contributed by atoms with Gasteiger partial charge in [0.2, 0.25) is 0 Å². The lowest BCUT2D eigenvalue weighted by molar-refractivity contribution is -0.384. The number of benzene rings is 2. The molecule has 0 aliphatic carbocycles. The van der Waals surface area contributed by atoms with E-state index in [0.717, 1.165) is 11.8 Å². The number of anilines is 2. The molecule has 1 heterocycles. The summed E-state index contributed by atoms with van der Waals surface area (Å²) in [5.41, 5.74) is 2.19. The molecule has 1 fully saturated rings. The van der Waals surface area contributed by atoms with E-state index >= 15 is 0 Å². The SMILES string of the molecule is Cc1ccccc1N1CCN(c2cc(Cl)c(C(=O)O)cc2[N+](=O)[O-])CC1. The highest BCUT2D eigenvalue weighted by Gasteiger charge is 2.27. The maximum atomic E-state index is 11.4. The Labute approximate surface area is 155 Å². The maximum Gasteiger partial charge on any atom is 0.337 e. The summed E-state index contributed by atoms with van der Waals surface area (Å²) in [4.78, 5) is 26.2. The van der Waals surface area contributed by atoms with Crippen LogP contribution < -0.4 is 9.80 Å². The first kappa shape index (κ1) is 18.0. The minimum atomic E-state index is -1.28. The van der Waals surface area contributed by atoms with Gasteiger partial charge >= 0.3 is 5.97 Å². The van der Waals surface area contributed by atoms with Crippen LogP contribution in [0.4, 0.5) is 17.1 Å². The second kappa shape index (κ2) is 7.21. The van der Waals surface area contributed by atoms with Gasteiger partial charge in [-0.3, -0.25) is 10.1 Å². The number of hydrogen-bond donors (Lipinski definition) is 1. The first-order valence-electron chi connectivity index (χ1n) is 8.15. The van der Waals surface area contributed by atoms with Crippen LogP contribution in [0.5, 0.6) is 0 Å². The molecule has 0 bridgehead atoms. The van der Waals surface area contributed by atoms with E-state index in [1.165, 1.54) is 11.6 Å². The minimum absolute atomic E-state index is 0.000525. The molecule has 0 aromatic heterocycles. The molecule has 26 heavy (non-hydrogen) atoms. The topological polar surface area (TPSA) is 86.9 Å². The van der Waals surface area contributed by atoms with Gasteiger partial charge in [0.05, 0.1) is 15.5 Å². The number of aromatic carboxylic acids is 1. The highest BCUT2D eigenvalue weighted by molar-refractivity contribution is 6.34. The molecule has 1 aliphatic heterocycles. The molecule has 1 aliphatic rings. The van der Waals surface area contributed by atoms with E-state index in [0.29, 0.717) is 31.9 Å². The Morgan fingerprint density at radius 1 is 1.12 bits per heavy atom. The maximum absolute atomic E-state index is 11.4. The Morgan fingerprint density at radius 3 is 2.23 bits per heavy atom. The summed E-state index contributed by atoms with van der Waals surface area (Å²) >= 11 is 6.03. The fourth-order valence-corrected chi connectivity index (χ4v) is 3.46. The predicted octanol–water partition coefficient (Wildman–Crippen LogP) is 3.58. The van der Waals surface area contributed by atoms with Gasteiger partial charge < -0.3 is 14.9 Å².